The quantitative estimate of drug-likeness (QED) is 0.422. The van der Waals surface area contributed by atoms with Gasteiger partial charge in [0.05, 0.1) is 0 Å². The highest BCUT2D eigenvalue weighted by atomic mass is 14.1. The van der Waals surface area contributed by atoms with Crippen LogP contribution in [0, 0.1) is 0 Å². The number of hydrogen-bond donors (Lipinski definition) is 0. The van der Waals surface area contributed by atoms with E-state index in [2.05, 4.69) is 27.9 Å². The Morgan fingerprint density at radius 3 is 2.00 bits per heavy atom. The molecular formula is C8H11B. The third kappa shape index (κ3) is 0.871. The van der Waals surface area contributed by atoms with Crippen LogP contribution in [0.5, 0.6) is 0 Å². The molecule has 0 N–H and O–H groups in total. The smallest absolute Gasteiger partial charge is 0.0960 e. The Kier molecular flexibility index (Phi) is 1.36. The predicted molar refractivity (Wildman–Crippen MR) is 44.1 cm³/mol. The van der Waals surface area contributed by atoms with Crippen LogP contribution in [-0.4, -0.2) is 7.85 Å². The first kappa shape index (κ1) is 6.41. The molecule has 0 unspecified atom stereocenters. The minimum atomic E-state index is 0.984. The zero-order valence-corrected chi connectivity index (χ0v) is 6.12. The summed E-state index contributed by atoms with van der Waals surface area (Å²) in [4.78, 5) is 0. The van der Waals surface area contributed by atoms with Gasteiger partial charge in [0.15, 0.2) is 0 Å². The van der Waals surface area contributed by atoms with Crippen molar-refractivity contribution < 1.29 is 0 Å². The van der Waals surface area contributed by atoms with E-state index in [1.807, 2.05) is 0 Å². The lowest BCUT2D eigenvalue weighted by Gasteiger charge is -1.91. The average Bonchev–Trinajstić information content (AvgIpc) is 1.98. The minimum Gasteiger partial charge on any atom is -0.0960 e. The van der Waals surface area contributed by atoms with Crippen molar-refractivity contribution in [1.29, 1.82) is 0 Å². The van der Waals surface area contributed by atoms with Gasteiger partial charge in [0.25, 0.3) is 0 Å². The molecule has 0 saturated heterocycles. The van der Waals surface area contributed by atoms with Gasteiger partial charge in [-0.25, -0.2) is 0 Å². The predicted octanol–water partition coefficient (Wildman–Crippen LogP) is 1.41. The van der Waals surface area contributed by atoms with Gasteiger partial charge < -0.3 is 0 Å². The molecule has 0 radical (unpaired) electrons. The lowest BCUT2D eigenvalue weighted by molar-refractivity contribution is 1.26. The standard InChI is InChI=1S/C8H11B/c1-5-4-6(2)8(9)7(5)3/h1-2,4,9H2,3H3. The number of hydrogen-bond acceptors (Lipinski definition) is 0. The number of rotatable bonds is 0. The molecule has 0 bridgehead atoms. The topological polar surface area (TPSA) is 0 Å². The van der Waals surface area contributed by atoms with Crippen LogP contribution in [0.2, 0.25) is 0 Å². The van der Waals surface area contributed by atoms with Crippen LogP contribution in [0.25, 0.3) is 0 Å². The maximum Gasteiger partial charge on any atom is 0.139 e. The summed E-state index contributed by atoms with van der Waals surface area (Å²) in [6.07, 6.45) is 0.984. The molecule has 0 amide bonds. The second-order valence-corrected chi connectivity index (χ2v) is 2.63. The fourth-order valence-corrected chi connectivity index (χ4v) is 1.05. The minimum absolute atomic E-state index is 0.984. The van der Waals surface area contributed by atoms with Crippen molar-refractivity contribution in [2.75, 3.05) is 0 Å². The van der Waals surface area contributed by atoms with Crippen LogP contribution in [0.15, 0.2) is 35.3 Å². The Hall–Kier alpha value is -0.715. The molecule has 0 atom stereocenters. The zero-order chi connectivity index (χ0) is 7.02. The molecule has 1 aliphatic carbocycles. The molecule has 1 heteroatoms. The summed E-state index contributed by atoms with van der Waals surface area (Å²) < 4.78 is 0. The van der Waals surface area contributed by atoms with Crippen molar-refractivity contribution in [3.05, 3.63) is 35.3 Å². The van der Waals surface area contributed by atoms with Crippen LogP contribution in [0.1, 0.15) is 13.3 Å². The number of allylic oxidation sites excluding steroid dienone is 4. The summed E-state index contributed by atoms with van der Waals surface area (Å²) >= 11 is 0. The van der Waals surface area contributed by atoms with Crippen molar-refractivity contribution >= 4 is 7.85 Å². The zero-order valence-electron chi connectivity index (χ0n) is 6.12. The highest BCUT2D eigenvalue weighted by Crippen LogP contribution is 2.30. The molecule has 0 aliphatic heterocycles. The summed E-state index contributed by atoms with van der Waals surface area (Å²) in [7, 11) is 2.11. The largest absolute Gasteiger partial charge is 0.139 e. The Morgan fingerprint density at radius 2 is 1.89 bits per heavy atom. The summed E-state index contributed by atoms with van der Waals surface area (Å²) in [6.45, 7) is 9.94. The first-order valence-corrected chi connectivity index (χ1v) is 3.16. The molecule has 0 aromatic rings. The van der Waals surface area contributed by atoms with Gasteiger partial charge in [0.2, 0.25) is 0 Å². The van der Waals surface area contributed by atoms with Gasteiger partial charge in [-0.15, -0.1) is 0 Å². The SMILES string of the molecule is BC1=C(C)C(=C)CC1=C. The second-order valence-electron chi connectivity index (χ2n) is 2.63. The Labute approximate surface area is 57.4 Å². The van der Waals surface area contributed by atoms with E-state index >= 15 is 0 Å². The summed E-state index contributed by atoms with van der Waals surface area (Å²) in [5.74, 6) is 0. The molecule has 0 heterocycles. The lowest BCUT2D eigenvalue weighted by atomic mass is 9.89. The molecule has 0 aromatic carbocycles. The van der Waals surface area contributed by atoms with E-state index in [1.165, 1.54) is 22.2 Å². The summed E-state index contributed by atoms with van der Waals surface area (Å²) in [5, 5.41) is 0. The highest BCUT2D eigenvalue weighted by Gasteiger charge is 2.12. The molecule has 0 fully saturated rings. The van der Waals surface area contributed by atoms with Crippen molar-refractivity contribution in [3.8, 4) is 0 Å². The van der Waals surface area contributed by atoms with Gasteiger partial charge in [-0.1, -0.05) is 29.8 Å². The fourth-order valence-electron chi connectivity index (χ4n) is 1.05. The van der Waals surface area contributed by atoms with Gasteiger partial charge in [-0.2, -0.15) is 0 Å². The molecule has 9 heavy (non-hydrogen) atoms. The van der Waals surface area contributed by atoms with Crippen molar-refractivity contribution in [1.82, 2.24) is 0 Å². The van der Waals surface area contributed by atoms with E-state index < -0.39 is 0 Å². The van der Waals surface area contributed by atoms with Gasteiger partial charge in [-0.3, -0.25) is 0 Å². The summed E-state index contributed by atoms with van der Waals surface area (Å²) in [5.41, 5.74) is 5.13. The molecule has 0 nitrogen and oxygen atoms in total. The first-order valence-electron chi connectivity index (χ1n) is 3.16. The summed E-state index contributed by atoms with van der Waals surface area (Å²) in [6, 6.07) is 0. The van der Waals surface area contributed by atoms with Crippen LogP contribution in [0.4, 0.5) is 0 Å². The van der Waals surface area contributed by atoms with Crippen molar-refractivity contribution in [3.63, 3.8) is 0 Å². The monoisotopic (exact) mass is 118 g/mol. The maximum absolute atomic E-state index is 3.92. The van der Waals surface area contributed by atoms with Crippen LogP contribution >= 0.6 is 0 Å². The van der Waals surface area contributed by atoms with Crippen LogP contribution in [-0.2, 0) is 0 Å². The molecule has 1 rings (SSSR count). The molecule has 0 saturated carbocycles. The maximum atomic E-state index is 3.92. The normalized spacial score (nSPS) is 19.7. The van der Waals surface area contributed by atoms with Gasteiger partial charge >= 0.3 is 0 Å². The third-order valence-corrected chi connectivity index (χ3v) is 2.05. The van der Waals surface area contributed by atoms with Crippen LogP contribution < -0.4 is 0 Å². The fraction of sp³-hybridized carbons (Fsp3) is 0.250. The van der Waals surface area contributed by atoms with Gasteiger partial charge in [0, 0.05) is 0 Å². The molecule has 0 aromatic heterocycles. The highest BCUT2D eigenvalue weighted by molar-refractivity contribution is 6.25. The Bertz CT molecular complexity index is 187. The van der Waals surface area contributed by atoms with E-state index in [4.69, 9.17) is 0 Å². The molecule has 0 spiro atoms. The van der Waals surface area contributed by atoms with Crippen molar-refractivity contribution in [2.45, 2.75) is 13.3 Å². The van der Waals surface area contributed by atoms with E-state index in [-0.39, 0.29) is 0 Å². The van der Waals surface area contributed by atoms with E-state index in [0.717, 1.165) is 6.42 Å². The van der Waals surface area contributed by atoms with Gasteiger partial charge in [-0.05, 0) is 18.9 Å². The Morgan fingerprint density at radius 1 is 1.33 bits per heavy atom. The third-order valence-electron chi connectivity index (χ3n) is 2.05. The Balaban J connectivity index is 3.06. The van der Waals surface area contributed by atoms with E-state index in [9.17, 15) is 0 Å². The lowest BCUT2D eigenvalue weighted by Crippen LogP contribution is -1.78. The first-order chi connectivity index (χ1) is 4.13. The van der Waals surface area contributed by atoms with E-state index in [1.54, 1.807) is 0 Å². The second kappa shape index (κ2) is 1.91. The van der Waals surface area contributed by atoms with E-state index in [0.29, 0.717) is 0 Å². The molecule has 1 aliphatic rings. The van der Waals surface area contributed by atoms with Gasteiger partial charge in [0.1, 0.15) is 7.85 Å². The van der Waals surface area contributed by atoms with Crippen LogP contribution in [0.3, 0.4) is 0 Å². The molecule has 46 valence electrons. The average molecular weight is 118 g/mol. The molecular weight excluding hydrogens is 107 g/mol. The van der Waals surface area contributed by atoms with Crippen molar-refractivity contribution in [2.24, 2.45) is 0 Å².